The molecule has 0 N–H and O–H groups in total. The lowest BCUT2D eigenvalue weighted by atomic mass is 10.00. The Labute approximate surface area is 176 Å². The number of halogens is 1. The number of aromatic nitrogens is 3. The molecule has 4 rings (SSSR count). The van der Waals surface area contributed by atoms with Crippen LogP contribution in [0, 0.1) is 5.82 Å². The third-order valence-electron chi connectivity index (χ3n) is 4.69. The van der Waals surface area contributed by atoms with E-state index >= 15 is 0 Å². The second-order valence-electron chi connectivity index (χ2n) is 6.74. The monoisotopic (exact) mass is 419 g/mol. The zero-order chi connectivity index (χ0) is 21.1. The van der Waals surface area contributed by atoms with Crippen molar-refractivity contribution < 1.29 is 8.94 Å². The molecule has 1 unspecified atom stereocenters. The van der Waals surface area contributed by atoms with Crippen molar-refractivity contribution in [1.29, 1.82) is 0 Å². The van der Waals surface area contributed by atoms with E-state index in [2.05, 4.69) is 10.1 Å². The molecule has 0 saturated heterocycles. The number of pyridine rings is 1. The van der Waals surface area contributed by atoms with Crippen LogP contribution >= 0.6 is 0 Å². The molecule has 0 spiro atoms. The molecule has 2 heterocycles. The summed E-state index contributed by atoms with van der Waals surface area (Å²) in [6.45, 7) is 0.301. The summed E-state index contributed by atoms with van der Waals surface area (Å²) in [7, 11) is 0. The van der Waals surface area contributed by atoms with E-state index in [1.54, 1.807) is 42.9 Å². The van der Waals surface area contributed by atoms with E-state index in [1.807, 2.05) is 24.3 Å². The van der Waals surface area contributed by atoms with Crippen molar-refractivity contribution in [3.05, 3.63) is 101 Å². The maximum atomic E-state index is 13.4. The molecule has 30 heavy (non-hydrogen) atoms. The van der Waals surface area contributed by atoms with Crippen molar-refractivity contribution >= 4 is 11.2 Å². The Balaban J connectivity index is 1.85. The van der Waals surface area contributed by atoms with E-state index in [0.717, 1.165) is 11.1 Å². The van der Waals surface area contributed by atoms with E-state index in [1.165, 1.54) is 22.9 Å². The Morgan fingerprint density at radius 2 is 1.60 bits per heavy atom. The second kappa shape index (κ2) is 8.61. The third-order valence-corrected chi connectivity index (χ3v) is 5.63. The smallest absolute Gasteiger partial charge is 0.267 e. The van der Waals surface area contributed by atoms with Crippen LogP contribution < -0.4 is 5.56 Å². The average molecular weight is 419 g/mol. The highest BCUT2D eigenvalue weighted by Crippen LogP contribution is 2.30. The lowest BCUT2D eigenvalue weighted by Crippen LogP contribution is -2.24. The predicted octanol–water partition coefficient (Wildman–Crippen LogP) is 3.90. The molecule has 5 nitrogen and oxygen atoms in total. The fourth-order valence-electron chi connectivity index (χ4n) is 3.13. The minimum absolute atomic E-state index is 0.263. The highest BCUT2D eigenvalue weighted by atomic mass is 32.2. The van der Waals surface area contributed by atoms with Crippen molar-refractivity contribution in [2.45, 2.75) is 11.4 Å². The first kappa shape index (κ1) is 20.0. The normalized spacial score (nSPS) is 12.0. The fourth-order valence-corrected chi connectivity index (χ4v) is 3.65. The highest BCUT2D eigenvalue weighted by Gasteiger charge is 2.15. The maximum Gasteiger partial charge on any atom is 0.267 e. The van der Waals surface area contributed by atoms with Crippen molar-refractivity contribution in [2.75, 3.05) is 6.26 Å². The molecule has 0 aliphatic heterocycles. The van der Waals surface area contributed by atoms with Gasteiger partial charge >= 0.3 is 0 Å². The van der Waals surface area contributed by atoms with Crippen molar-refractivity contribution in [2.24, 2.45) is 0 Å². The summed E-state index contributed by atoms with van der Waals surface area (Å²) in [5.74, 6) is -0.353. The molecule has 0 saturated carbocycles. The van der Waals surface area contributed by atoms with Gasteiger partial charge in [0.05, 0.1) is 12.2 Å². The minimum atomic E-state index is -1.10. The zero-order valence-electron chi connectivity index (χ0n) is 16.2. The molecule has 0 fully saturated rings. The van der Waals surface area contributed by atoms with Crippen LogP contribution in [0.25, 0.3) is 22.4 Å². The first-order valence-electron chi connectivity index (χ1n) is 9.22. The van der Waals surface area contributed by atoms with Gasteiger partial charge in [-0.2, -0.15) is 5.10 Å². The van der Waals surface area contributed by atoms with Crippen LogP contribution in [0.15, 0.2) is 88.8 Å². The molecule has 0 amide bonds. The molecular formula is C23H18FN3O2S. The van der Waals surface area contributed by atoms with Gasteiger partial charge in [-0.3, -0.25) is 9.78 Å². The van der Waals surface area contributed by atoms with Gasteiger partial charge in [0.25, 0.3) is 5.56 Å². The third kappa shape index (κ3) is 4.32. The van der Waals surface area contributed by atoms with Crippen LogP contribution in [0.5, 0.6) is 0 Å². The Bertz CT molecular complexity index is 1210. The molecule has 150 valence electrons. The van der Waals surface area contributed by atoms with E-state index < -0.39 is 11.2 Å². The number of hydrogen-bond acceptors (Lipinski definition) is 4. The molecule has 0 radical (unpaired) electrons. The van der Waals surface area contributed by atoms with Crippen LogP contribution in [0.3, 0.4) is 0 Å². The first-order valence-corrected chi connectivity index (χ1v) is 10.8. The molecule has 0 aliphatic rings. The maximum absolute atomic E-state index is 13.4. The molecule has 4 aromatic rings. The summed E-state index contributed by atoms with van der Waals surface area (Å²) in [5.41, 5.74) is 3.29. The first-order chi connectivity index (χ1) is 14.5. The average Bonchev–Trinajstić information content (AvgIpc) is 2.76. The topological polar surface area (TPSA) is 70.8 Å². The summed E-state index contributed by atoms with van der Waals surface area (Å²) in [4.78, 5) is 17.5. The van der Waals surface area contributed by atoms with Gasteiger partial charge in [-0.1, -0.05) is 12.1 Å². The minimum Gasteiger partial charge on any atom is -0.612 e. The summed E-state index contributed by atoms with van der Waals surface area (Å²) < 4.78 is 26.5. The van der Waals surface area contributed by atoms with Crippen LogP contribution in [0.1, 0.15) is 5.56 Å². The van der Waals surface area contributed by atoms with Crippen molar-refractivity contribution in [3.63, 3.8) is 0 Å². The number of rotatable bonds is 5. The number of hydrogen-bond donors (Lipinski definition) is 0. The predicted molar refractivity (Wildman–Crippen MR) is 115 cm³/mol. The van der Waals surface area contributed by atoms with E-state index in [0.29, 0.717) is 28.3 Å². The molecular weight excluding hydrogens is 401 g/mol. The van der Waals surface area contributed by atoms with Gasteiger partial charge in [0.1, 0.15) is 12.1 Å². The zero-order valence-corrected chi connectivity index (χ0v) is 17.0. The molecule has 7 heteroatoms. The van der Waals surface area contributed by atoms with E-state index in [-0.39, 0.29) is 11.4 Å². The Morgan fingerprint density at radius 3 is 2.23 bits per heavy atom. The van der Waals surface area contributed by atoms with Crippen LogP contribution in [-0.2, 0) is 17.7 Å². The quantitative estimate of drug-likeness (QED) is 0.460. The summed E-state index contributed by atoms with van der Waals surface area (Å²) in [6, 6.07) is 18.3. The lowest BCUT2D eigenvalue weighted by Gasteiger charge is -2.13. The van der Waals surface area contributed by atoms with Crippen molar-refractivity contribution in [1.82, 2.24) is 14.8 Å². The lowest BCUT2D eigenvalue weighted by molar-refractivity contribution is 0.601. The molecule has 0 aliphatic carbocycles. The molecule has 2 aromatic heterocycles. The Morgan fingerprint density at radius 1 is 0.967 bits per heavy atom. The molecule has 1 atom stereocenters. The van der Waals surface area contributed by atoms with Crippen LogP contribution in [0.2, 0.25) is 0 Å². The van der Waals surface area contributed by atoms with Gasteiger partial charge in [-0.15, -0.1) is 0 Å². The van der Waals surface area contributed by atoms with Crippen LogP contribution in [-0.4, -0.2) is 25.6 Å². The number of benzene rings is 2. The summed E-state index contributed by atoms with van der Waals surface area (Å²) in [5, 5.41) is 4.63. The van der Waals surface area contributed by atoms with Crippen LogP contribution in [0.4, 0.5) is 4.39 Å². The largest absolute Gasteiger partial charge is 0.612 e. The van der Waals surface area contributed by atoms with Gasteiger partial charge in [0.15, 0.2) is 4.90 Å². The molecule has 0 bridgehead atoms. The van der Waals surface area contributed by atoms with Gasteiger partial charge < -0.3 is 4.55 Å². The number of nitrogens with zero attached hydrogens (tertiary/aromatic N) is 3. The van der Waals surface area contributed by atoms with Crippen molar-refractivity contribution in [3.8, 4) is 22.4 Å². The van der Waals surface area contributed by atoms with Gasteiger partial charge in [-0.05, 0) is 70.8 Å². The van der Waals surface area contributed by atoms with Gasteiger partial charge in [-0.25, -0.2) is 9.07 Å². The highest BCUT2D eigenvalue weighted by molar-refractivity contribution is 7.90. The van der Waals surface area contributed by atoms with Gasteiger partial charge in [0, 0.05) is 29.6 Å². The summed E-state index contributed by atoms with van der Waals surface area (Å²) in [6.07, 6.45) is 4.95. The SMILES string of the molecule is C[S+]([O-])c1ccc(-c2nn(Cc3ccncc3)c(=O)cc2-c2ccc(F)cc2)cc1. The second-order valence-corrected chi connectivity index (χ2v) is 8.12. The summed E-state index contributed by atoms with van der Waals surface area (Å²) >= 11 is -1.10. The van der Waals surface area contributed by atoms with E-state index in [4.69, 9.17) is 0 Å². The van der Waals surface area contributed by atoms with E-state index in [9.17, 15) is 13.7 Å². The Kier molecular flexibility index (Phi) is 5.74. The van der Waals surface area contributed by atoms with Gasteiger partial charge in [0.2, 0.25) is 0 Å². The fraction of sp³-hybridized carbons (Fsp3) is 0.0870. The molecule has 2 aromatic carbocycles. The Hall–Kier alpha value is -3.29. The standard InChI is InChI=1S/C23H18FN3O2S/c1-30(29)20-8-4-18(5-9-20)23-21(17-2-6-19(24)7-3-17)14-22(28)27(26-23)15-16-10-12-25-13-11-16/h2-14H,15H2,1H3.